The minimum atomic E-state index is 0. The summed E-state index contributed by atoms with van der Waals surface area (Å²) in [5, 5.41) is 8.09. The fraction of sp³-hybridized carbons (Fsp3) is 0.235. The highest BCUT2D eigenvalue weighted by atomic mass is 35.5. The Balaban J connectivity index is 0.00000104. The summed E-state index contributed by atoms with van der Waals surface area (Å²) >= 11 is 0. The van der Waals surface area contributed by atoms with Crippen LogP contribution >= 0.6 is 24.8 Å². The topological polar surface area (TPSA) is 62.0 Å². The molecule has 128 valence electrons. The summed E-state index contributed by atoms with van der Waals surface area (Å²) in [6.07, 6.45) is 2.84. The highest BCUT2D eigenvalue weighted by Crippen LogP contribution is 2.34. The average molecular weight is 367 g/mol. The molecule has 3 aromatic rings. The number of anilines is 2. The van der Waals surface area contributed by atoms with Gasteiger partial charge in [0, 0.05) is 36.8 Å². The van der Waals surface area contributed by atoms with E-state index in [4.69, 9.17) is 4.74 Å². The molecule has 0 amide bonds. The molecule has 0 aliphatic carbocycles. The highest BCUT2D eigenvalue weighted by molar-refractivity contribution is 5.95. The number of pyridine rings is 1. The molecule has 0 bridgehead atoms. The molecule has 0 fully saturated rings. The number of methoxy groups -OCH3 is 1. The summed E-state index contributed by atoms with van der Waals surface area (Å²) in [5.74, 6) is 0.829. The first-order chi connectivity index (χ1) is 10.9. The number of aromatic nitrogens is 2. The maximum absolute atomic E-state index is 5.43. The van der Waals surface area contributed by atoms with Crippen molar-refractivity contribution in [3.63, 3.8) is 0 Å². The van der Waals surface area contributed by atoms with Crippen LogP contribution in [0.3, 0.4) is 0 Å². The second-order valence-electron chi connectivity index (χ2n) is 5.42. The Morgan fingerprint density at radius 2 is 1.96 bits per heavy atom. The molecule has 1 aliphatic rings. The van der Waals surface area contributed by atoms with Crippen molar-refractivity contribution in [2.45, 2.75) is 13.0 Å². The molecule has 0 radical (unpaired) electrons. The molecule has 0 spiro atoms. The van der Waals surface area contributed by atoms with Crippen LogP contribution in [-0.2, 0) is 13.0 Å². The molecule has 0 saturated carbocycles. The Morgan fingerprint density at radius 1 is 1.12 bits per heavy atom. The van der Waals surface area contributed by atoms with Crippen molar-refractivity contribution in [1.29, 1.82) is 0 Å². The molecule has 7 heteroatoms. The summed E-state index contributed by atoms with van der Waals surface area (Å²) in [4.78, 5) is 7.92. The van der Waals surface area contributed by atoms with Crippen molar-refractivity contribution in [1.82, 2.24) is 15.3 Å². The van der Waals surface area contributed by atoms with Crippen LogP contribution in [-0.4, -0.2) is 23.6 Å². The maximum Gasteiger partial charge on any atom is 0.142 e. The normalized spacial score (nSPS) is 12.7. The van der Waals surface area contributed by atoms with Gasteiger partial charge in [0.25, 0.3) is 0 Å². The van der Waals surface area contributed by atoms with E-state index in [0.717, 1.165) is 47.7 Å². The lowest BCUT2D eigenvalue weighted by atomic mass is 10.1. The Morgan fingerprint density at radius 3 is 2.79 bits per heavy atom. The second kappa shape index (κ2) is 7.75. The third-order valence-corrected chi connectivity index (χ3v) is 4.12. The number of para-hydroxylation sites is 2. The van der Waals surface area contributed by atoms with Crippen LogP contribution in [0.2, 0.25) is 0 Å². The van der Waals surface area contributed by atoms with Crippen LogP contribution in [0.5, 0.6) is 5.75 Å². The smallest absolute Gasteiger partial charge is 0.142 e. The molecule has 24 heavy (non-hydrogen) atoms. The van der Waals surface area contributed by atoms with E-state index >= 15 is 0 Å². The van der Waals surface area contributed by atoms with Gasteiger partial charge in [0.05, 0.1) is 18.5 Å². The third kappa shape index (κ3) is 3.15. The Bertz CT molecular complexity index is 835. The molecule has 1 aromatic carbocycles. The van der Waals surface area contributed by atoms with Crippen molar-refractivity contribution >= 4 is 47.2 Å². The zero-order chi connectivity index (χ0) is 14.9. The zero-order valence-electron chi connectivity index (χ0n) is 13.3. The number of nitrogens with one attached hydrogen (secondary N) is 3. The van der Waals surface area contributed by atoms with Crippen LogP contribution in [0.4, 0.5) is 11.4 Å². The van der Waals surface area contributed by atoms with Crippen molar-refractivity contribution < 1.29 is 4.74 Å². The van der Waals surface area contributed by atoms with Crippen LogP contribution in [0.25, 0.3) is 11.0 Å². The average Bonchev–Trinajstić information content (AvgIpc) is 2.95. The molecule has 1 aliphatic heterocycles. The van der Waals surface area contributed by atoms with E-state index < -0.39 is 0 Å². The van der Waals surface area contributed by atoms with Gasteiger partial charge in [0.15, 0.2) is 0 Å². The van der Waals surface area contributed by atoms with Crippen molar-refractivity contribution in [3.8, 4) is 5.75 Å². The van der Waals surface area contributed by atoms with E-state index in [1.54, 1.807) is 7.11 Å². The van der Waals surface area contributed by atoms with E-state index in [9.17, 15) is 0 Å². The van der Waals surface area contributed by atoms with E-state index in [2.05, 4.69) is 20.6 Å². The quantitative estimate of drug-likeness (QED) is 0.659. The fourth-order valence-electron chi connectivity index (χ4n) is 3.06. The van der Waals surface area contributed by atoms with Crippen molar-refractivity contribution in [2.75, 3.05) is 19.0 Å². The molecule has 0 atom stereocenters. The van der Waals surface area contributed by atoms with Gasteiger partial charge in [-0.25, -0.2) is 4.98 Å². The molecule has 5 nitrogen and oxygen atoms in total. The highest BCUT2D eigenvalue weighted by Gasteiger charge is 2.18. The largest absolute Gasteiger partial charge is 0.495 e. The lowest BCUT2D eigenvalue weighted by Crippen LogP contribution is -2.23. The van der Waals surface area contributed by atoms with Crippen LogP contribution < -0.4 is 15.4 Å². The van der Waals surface area contributed by atoms with Gasteiger partial charge in [-0.1, -0.05) is 12.1 Å². The molecular weight excluding hydrogens is 347 g/mol. The van der Waals surface area contributed by atoms with Gasteiger partial charge >= 0.3 is 0 Å². The van der Waals surface area contributed by atoms with E-state index in [0.29, 0.717) is 0 Å². The predicted molar refractivity (Wildman–Crippen MR) is 102 cm³/mol. The number of H-pyrrole nitrogens is 1. The lowest BCUT2D eigenvalue weighted by molar-refractivity contribution is 0.417. The SMILES string of the molecule is COc1ccccc1Nc1ccnc2[nH]c3c(c12)CNCC3.Cl.Cl. The first kappa shape index (κ1) is 18.4. The summed E-state index contributed by atoms with van der Waals surface area (Å²) in [6.45, 7) is 1.89. The number of aromatic amines is 1. The maximum atomic E-state index is 5.43. The second-order valence-corrected chi connectivity index (χ2v) is 5.42. The number of fused-ring (bicyclic) bond motifs is 3. The number of ether oxygens (including phenoxy) is 1. The molecule has 0 unspecified atom stereocenters. The van der Waals surface area contributed by atoms with E-state index in [-0.39, 0.29) is 24.8 Å². The number of rotatable bonds is 3. The monoisotopic (exact) mass is 366 g/mol. The van der Waals surface area contributed by atoms with Crippen molar-refractivity contribution in [2.24, 2.45) is 0 Å². The summed E-state index contributed by atoms with van der Waals surface area (Å²) in [6, 6.07) is 9.94. The van der Waals surface area contributed by atoms with Gasteiger partial charge in [0.2, 0.25) is 0 Å². The number of halogens is 2. The van der Waals surface area contributed by atoms with Gasteiger partial charge in [-0.3, -0.25) is 0 Å². The molecule has 3 N–H and O–H groups in total. The summed E-state index contributed by atoms with van der Waals surface area (Å²) in [5.41, 5.74) is 5.54. The number of benzene rings is 1. The zero-order valence-corrected chi connectivity index (χ0v) is 14.9. The van der Waals surface area contributed by atoms with Gasteiger partial charge in [0.1, 0.15) is 11.4 Å². The first-order valence-corrected chi connectivity index (χ1v) is 7.46. The Labute approximate surface area is 153 Å². The van der Waals surface area contributed by atoms with Crippen LogP contribution in [0.15, 0.2) is 36.5 Å². The standard InChI is InChI=1S/C17H18N4O.2ClH/c1-22-15-5-3-2-4-13(15)20-14-7-9-19-17-16(14)11-10-18-8-6-12(11)21-17;;/h2-5,7,9,18H,6,8,10H2,1H3,(H2,19,20,21);2*1H. The Kier molecular flexibility index (Phi) is 5.94. The van der Waals surface area contributed by atoms with Crippen LogP contribution in [0.1, 0.15) is 11.3 Å². The third-order valence-electron chi connectivity index (χ3n) is 4.12. The Hall–Kier alpha value is -1.95. The number of hydrogen-bond donors (Lipinski definition) is 3. The minimum Gasteiger partial charge on any atom is -0.495 e. The number of nitrogens with zero attached hydrogens (tertiary/aromatic N) is 1. The van der Waals surface area contributed by atoms with E-state index in [1.807, 2.05) is 36.5 Å². The molecule has 4 rings (SSSR count). The number of hydrogen-bond acceptors (Lipinski definition) is 4. The lowest BCUT2D eigenvalue weighted by Gasteiger charge is -2.15. The van der Waals surface area contributed by atoms with Crippen molar-refractivity contribution in [3.05, 3.63) is 47.8 Å². The predicted octanol–water partition coefficient (Wildman–Crippen LogP) is 3.80. The molecular formula is C17H20Cl2N4O. The molecule has 3 heterocycles. The van der Waals surface area contributed by atoms with Gasteiger partial charge in [-0.05, 0) is 23.8 Å². The molecule has 0 saturated heterocycles. The summed E-state index contributed by atoms with van der Waals surface area (Å²) < 4.78 is 5.43. The first-order valence-electron chi connectivity index (χ1n) is 7.46. The molecule has 2 aromatic heterocycles. The minimum absolute atomic E-state index is 0. The van der Waals surface area contributed by atoms with E-state index in [1.165, 1.54) is 11.3 Å². The summed E-state index contributed by atoms with van der Waals surface area (Å²) in [7, 11) is 1.69. The fourth-order valence-corrected chi connectivity index (χ4v) is 3.06. The van der Waals surface area contributed by atoms with Gasteiger partial charge < -0.3 is 20.4 Å². The van der Waals surface area contributed by atoms with Gasteiger partial charge in [-0.2, -0.15) is 0 Å². The van der Waals surface area contributed by atoms with Crippen LogP contribution in [0, 0.1) is 0 Å². The van der Waals surface area contributed by atoms with Gasteiger partial charge in [-0.15, -0.1) is 24.8 Å².